The minimum Gasteiger partial charge on any atom is -0.387 e. The molecular weight excluding hydrogens is 346 g/mol. The Bertz CT molecular complexity index is 894. The normalized spacial score (nSPS) is 19.7. The third-order valence-corrected chi connectivity index (χ3v) is 5.65. The van der Waals surface area contributed by atoms with Gasteiger partial charge in [-0.2, -0.15) is 5.10 Å². The van der Waals surface area contributed by atoms with E-state index >= 15 is 0 Å². The number of carbonyl (C=O) groups is 1. The Labute approximate surface area is 156 Å². The molecule has 0 fully saturated rings. The third kappa shape index (κ3) is 3.82. The molecule has 0 aromatic heterocycles. The zero-order chi connectivity index (χ0) is 17.9. The smallest absolute Gasteiger partial charge is 0.299 e. The van der Waals surface area contributed by atoms with Gasteiger partial charge in [0.2, 0.25) is 0 Å². The lowest BCUT2D eigenvalue weighted by Gasteiger charge is -2.29. The fraction of sp³-hybridized carbons (Fsp3) is 0.300. The van der Waals surface area contributed by atoms with Crippen molar-refractivity contribution in [2.24, 2.45) is 5.10 Å². The topological polar surface area (TPSA) is 64.9 Å². The van der Waals surface area contributed by atoms with Crippen LogP contribution in [-0.2, 0) is 0 Å². The maximum absolute atomic E-state index is 11.2. The summed E-state index contributed by atoms with van der Waals surface area (Å²) in [7, 11) is 0. The summed E-state index contributed by atoms with van der Waals surface area (Å²) in [5, 5.41) is 17.0. The SMILES string of the molecule is O=C1NN=C(C2=CCN(CC(O)c3ccc4ccccc4c3)CC2)CS1. The van der Waals surface area contributed by atoms with Crippen LogP contribution in [0.1, 0.15) is 18.1 Å². The third-order valence-electron chi connectivity index (χ3n) is 4.88. The number of amides is 1. The van der Waals surface area contributed by atoms with Crippen LogP contribution in [0, 0.1) is 0 Å². The van der Waals surface area contributed by atoms with E-state index in [2.05, 4.69) is 45.8 Å². The van der Waals surface area contributed by atoms with Gasteiger partial charge in [0, 0.05) is 25.4 Å². The Balaban J connectivity index is 1.39. The van der Waals surface area contributed by atoms with Gasteiger partial charge >= 0.3 is 0 Å². The van der Waals surface area contributed by atoms with Gasteiger partial charge in [0.1, 0.15) is 0 Å². The van der Waals surface area contributed by atoms with Crippen molar-refractivity contribution in [1.82, 2.24) is 10.3 Å². The number of thioether (sulfide) groups is 1. The highest BCUT2D eigenvalue weighted by Gasteiger charge is 2.21. The van der Waals surface area contributed by atoms with Gasteiger partial charge in [0.05, 0.1) is 11.8 Å². The maximum Gasteiger partial charge on any atom is 0.299 e. The summed E-state index contributed by atoms with van der Waals surface area (Å²) in [5.41, 5.74) is 5.64. The highest BCUT2D eigenvalue weighted by Crippen LogP contribution is 2.23. The fourth-order valence-corrected chi connectivity index (χ4v) is 4.01. The molecule has 2 aromatic carbocycles. The van der Waals surface area contributed by atoms with Gasteiger partial charge in [-0.25, -0.2) is 5.43 Å². The van der Waals surface area contributed by atoms with Gasteiger partial charge in [0.15, 0.2) is 0 Å². The number of hydrogen-bond donors (Lipinski definition) is 2. The number of benzene rings is 2. The van der Waals surface area contributed by atoms with E-state index in [9.17, 15) is 9.90 Å². The number of fused-ring (bicyclic) bond motifs is 1. The molecular formula is C20H21N3O2S. The Morgan fingerprint density at radius 3 is 2.81 bits per heavy atom. The predicted molar refractivity (Wildman–Crippen MR) is 106 cm³/mol. The molecule has 2 aromatic rings. The second kappa shape index (κ2) is 7.61. The molecule has 1 unspecified atom stereocenters. The largest absolute Gasteiger partial charge is 0.387 e. The fourth-order valence-electron chi connectivity index (χ4n) is 3.38. The lowest BCUT2D eigenvalue weighted by atomic mass is 10.0. The number of aliphatic hydroxyl groups excluding tert-OH is 1. The first-order chi connectivity index (χ1) is 12.7. The molecule has 2 aliphatic rings. The zero-order valence-electron chi connectivity index (χ0n) is 14.4. The molecule has 2 aliphatic heterocycles. The average molecular weight is 367 g/mol. The quantitative estimate of drug-likeness (QED) is 0.870. The lowest BCUT2D eigenvalue weighted by Crippen LogP contribution is -2.35. The van der Waals surface area contributed by atoms with Gasteiger partial charge in [-0.1, -0.05) is 54.2 Å². The summed E-state index contributed by atoms with van der Waals surface area (Å²) < 4.78 is 0. The first kappa shape index (κ1) is 17.3. The number of hydrogen-bond acceptors (Lipinski definition) is 5. The Morgan fingerprint density at radius 2 is 2.08 bits per heavy atom. The Morgan fingerprint density at radius 1 is 1.23 bits per heavy atom. The van der Waals surface area contributed by atoms with Crippen LogP contribution in [-0.4, -0.2) is 46.3 Å². The standard InChI is InChI=1S/C20H21N3O2S/c24-19(17-6-5-14-3-1-2-4-16(14)11-17)12-23-9-7-15(8-10-23)18-13-26-20(25)22-21-18/h1-7,11,19,24H,8-10,12-13H2,(H,22,25). The molecule has 0 saturated carbocycles. The van der Waals surface area contributed by atoms with Crippen molar-refractivity contribution >= 4 is 33.5 Å². The number of β-amino-alcohol motifs (C(OH)–C–C–N with tert-alkyl or cyclic N) is 1. The van der Waals surface area contributed by atoms with Crippen LogP contribution in [0.5, 0.6) is 0 Å². The van der Waals surface area contributed by atoms with E-state index < -0.39 is 6.10 Å². The molecule has 0 saturated heterocycles. The predicted octanol–water partition coefficient (Wildman–Crippen LogP) is 3.32. The summed E-state index contributed by atoms with van der Waals surface area (Å²) in [6, 6.07) is 14.3. The van der Waals surface area contributed by atoms with Crippen LogP contribution >= 0.6 is 11.8 Å². The molecule has 1 atom stereocenters. The second-order valence-electron chi connectivity index (χ2n) is 6.61. The minimum atomic E-state index is -0.503. The summed E-state index contributed by atoms with van der Waals surface area (Å²) in [5.74, 6) is 0.636. The van der Waals surface area contributed by atoms with Gasteiger partial charge < -0.3 is 5.11 Å². The number of nitrogens with zero attached hydrogens (tertiary/aromatic N) is 2. The average Bonchev–Trinajstić information content (AvgIpc) is 2.69. The molecule has 0 bridgehead atoms. The molecule has 0 aliphatic carbocycles. The summed E-state index contributed by atoms with van der Waals surface area (Å²) in [6.07, 6.45) is 2.55. The van der Waals surface area contributed by atoms with E-state index in [0.29, 0.717) is 12.3 Å². The van der Waals surface area contributed by atoms with E-state index in [-0.39, 0.29) is 5.24 Å². The highest BCUT2D eigenvalue weighted by atomic mass is 32.2. The maximum atomic E-state index is 11.2. The lowest BCUT2D eigenvalue weighted by molar-refractivity contribution is 0.118. The minimum absolute atomic E-state index is 0.0923. The first-order valence-corrected chi connectivity index (χ1v) is 9.75. The van der Waals surface area contributed by atoms with Crippen LogP contribution in [0.25, 0.3) is 10.8 Å². The molecule has 1 amide bonds. The molecule has 0 radical (unpaired) electrons. The molecule has 2 N–H and O–H groups in total. The van der Waals surface area contributed by atoms with Crippen LogP contribution in [0.4, 0.5) is 4.79 Å². The number of rotatable bonds is 4. The van der Waals surface area contributed by atoms with E-state index in [1.165, 1.54) is 22.7 Å². The van der Waals surface area contributed by atoms with E-state index in [1.54, 1.807) is 0 Å². The summed E-state index contributed by atoms with van der Waals surface area (Å²) >= 11 is 1.25. The van der Waals surface area contributed by atoms with Gasteiger partial charge in [-0.05, 0) is 34.4 Å². The highest BCUT2D eigenvalue weighted by molar-refractivity contribution is 8.14. The number of hydrazone groups is 1. The molecule has 26 heavy (non-hydrogen) atoms. The van der Waals surface area contributed by atoms with Gasteiger partial charge in [-0.3, -0.25) is 9.69 Å². The molecule has 2 heterocycles. The van der Waals surface area contributed by atoms with Crippen LogP contribution in [0.2, 0.25) is 0 Å². The first-order valence-electron chi connectivity index (χ1n) is 8.77. The van der Waals surface area contributed by atoms with E-state index in [0.717, 1.165) is 36.2 Å². The van der Waals surface area contributed by atoms with Crippen molar-refractivity contribution in [3.8, 4) is 0 Å². The van der Waals surface area contributed by atoms with Crippen molar-refractivity contribution in [1.29, 1.82) is 0 Å². The van der Waals surface area contributed by atoms with Crippen LogP contribution in [0.15, 0.2) is 59.2 Å². The van der Waals surface area contributed by atoms with Crippen molar-refractivity contribution in [3.05, 3.63) is 59.7 Å². The van der Waals surface area contributed by atoms with Crippen molar-refractivity contribution in [2.75, 3.05) is 25.4 Å². The van der Waals surface area contributed by atoms with Crippen molar-refractivity contribution in [2.45, 2.75) is 12.5 Å². The molecule has 4 rings (SSSR count). The van der Waals surface area contributed by atoms with E-state index in [4.69, 9.17) is 0 Å². The molecule has 134 valence electrons. The molecule has 0 spiro atoms. The number of carbonyl (C=O) groups excluding carboxylic acids is 1. The summed E-state index contributed by atoms with van der Waals surface area (Å²) in [6.45, 7) is 2.28. The second-order valence-corrected chi connectivity index (χ2v) is 7.56. The van der Waals surface area contributed by atoms with Crippen molar-refractivity contribution < 1.29 is 9.90 Å². The van der Waals surface area contributed by atoms with Gasteiger partial charge in [-0.15, -0.1) is 0 Å². The Hall–Kier alpha value is -2.15. The number of nitrogens with one attached hydrogen (secondary N) is 1. The molecule has 6 heteroatoms. The Kier molecular flexibility index (Phi) is 5.06. The monoisotopic (exact) mass is 367 g/mol. The molecule has 5 nitrogen and oxygen atoms in total. The van der Waals surface area contributed by atoms with Crippen LogP contribution in [0.3, 0.4) is 0 Å². The van der Waals surface area contributed by atoms with Crippen molar-refractivity contribution in [3.63, 3.8) is 0 Å². The zero-order valence-corrected chi connectivity index (χ0v) is 15.2. The van der Waals surface area contributed by atoms with Gasteiger partial charge in [0.25, 0.3) is 5.24 Å². The number of aliphatic hydroxyl groups is 1. The van der Waals surface area contributed by atoms with Crippen LogP contribution < -0.4 is 5.43 Å². The summed E-state index contributed by atoms with van der Waals surface area (Å²) in [4.78, 5) is 13.4. The van der Waals surface area contributed by atoms with E-state index in [1.807, 2.05) is 18.2 Å².